The molecule has 0 unspecified atom stereocenters. The van der Waals surface area contributed by atoms with Crippen LogP contribution in [-0.4, -0.2) is 25.3 Å². The fourth-order valence-electron chi connectivity index (χ4n) is 2.00. The van der Waals surface area contributed by atoms with Crippen LogP contribution in [0.15, 0.2) is 46.5 Å². The maximum atomic E-state index is 12.6. The largest absolute Gasteiger partial charge is 0.316 e. The van der Waals surface area contributed by atoms with Gasteiger partial charge in [-0.25, -0.2) is 9.97 Å². The van der Waals surface area contributed by atoms with E-state index in [4.69, 9.17) is 12.2 Å². The molecular weight excluding hydrogens is 304 g/mol. The Morgan fingerprint density at radius 2 is 2.10 bits per heavy atom. The molecule has 0 saturated carbocycles. The molecule has 21 heavy (non-hydrogen) atoms. The number of nitrogens with one attached hydrogen (secondary N) is 1. The number of hydrogen-bond acceptors (Lipinski definition) is 5. The monoisotopic (exact) mass is 316 g/mol. The molecule has 0 fully saturated rings. The van der Waals surface area contributed by atoms with Crippen LogP contribution in [0.4, 0.5) is 0 Å². The molecule has 3 rings (SSSR count). The van der Waals surface area contributed by atoms with Crippen molar-refractivity contribution in [2.24, 2.45) is 0 Å². The molecule has 3 aromatic rings. The van der Waals surface area contributed by atoms with E-state index in [9.17, 15) is 4.79 Å². The first-order valence-electron chi connectivity index (χ1n) is 6.41. The molecule has 0 bridgehead atoms. The molecule has 7 heteroatoms. The first-order valence-corrected chi connectivity index (χ1v) is 7.80. The fourth-order valence-corrected chi connectivity index (χ4v) is 2.82. The highest BCUT2D eigenvalue weighted by Gasteiger charge is 2.09. The highest BCUT2D eigenvalue weighted by Crippen LogP contribution is 2.14. The molecular formula is C14H12N4OS2. The Balaban J connectivity index is 2.28. The van der Waals surface area contributed by atoms with Gasteiger partial charge in [-0.3, -0.25) is 9.36 Å². The van der Waals surface area contributed by atoms with E-state index in [1.54, 1.807) is 6.20 Å². The van der Waals surface area contributed by atoms with Crippen molar-refractivity contribution in [3.05, 3.63) is 51.7 Å². The molecule has 1 aromatic carbocycles. The van der Waals surface area contributed by atoms with Crippen molar-refractivity contribution in [2.45, 2.75) is 12.1 Å². The fraction of sp³-hybridized carbons (Fsp3) is 0.143. The van der Waals surface area contributed by atoms with Gasteiger partial charge in [0.2, 0.25) is 0 Å². The molecule has 0 aliphatic heterocycles. The van der Waals surface area contributed by atoms with Gasteiger partial charge in [0, 0.05) is 6.20 Å². The van der Waals surface area contributed by atoms with E-state index in [0.29, 0.717) is 21.0 Å². The third-order valence-corrected chi connectivity index (χ3v) is 3.94. The Hall–Kier alpha value is -1.99. The summed E-state index contributed by atoms with van der Waals surface area (Å²) in [7, 11) is 0. The van der Waals surface area contributed by atoms with E-state index in [2.05, 4.69) is 15.0 Å². The maximum Gasteiger partial charge on any atom is 0.269 e. The van der Waals surface area contributed by atoms with Crippen molar-refractivity contribution in [3.8, 4) is 5.69 Å². The number of aromatic amines is 1. The standard InChI is InChI=1S/C14H12N4OS2/c1-2-21-13-15-8-10-11(16-13)17-14(20)18(12(10)19)9-6-4-3-5-7-9/h3-8H,2H2,1H3,(H,15,16,17,20). The molecule has 0 spiro atoms. The van der Waals surface area contributed by atoms with Crippen LogP contribution in [0.2, 0.25) is 0 Å². The molecule has 2 heterocycles. The second-order valence-corrected chi connectivity index (χ2v) is 5.87. The number of H-pyrrole nitrogens is 1. The van der Waals surface area contributed by atoms with Crippen LogP contribution >= 0.6 is 24.0 Å². The summed E-state index contributed by atoms with van der Waals surface area (Å²) in [5.41, 5.74) is 0.980. The lowest BCUT2D eigenvalue weighted by Gasteiger charge is -2.07. The average Bonchev–Trinajstić information content (AvgIpc) is 2.48. The zero-order valence-corrected chi connectivity index (χ0v) is 12.9. The summed E-state index contributed by atoms with van der Waals surface area (Å²) < 4.78 is 1.78. The summed E-state index contributed by atoms with van der Waals surface area (Å²) in [5, 5.41) is 1.06. The van der Waals surface area contributed by atoms with Gasteiger partial charge in [0.05, 0.1) is 5.69 Å². The topological polar surface area (TPSA) is 63.6 Å². The number of hydrogen-bond donors (Lipinski definition) is 1. The Labute approximate surface area is 130 Å². The lowest BCUT2D eigenvalue weighted by atomic mass is 10.3. The third kappa shape index (κ3) is 2.62. The van der Waals surface area contributed by atoms with Crippen LogP contribution in [0.3, 0.4) is 0 Å². The Bertz CT molecular complexity index is 902. The number of benzene rings is 1. The van der Waals surface area contributed by atoms with Gasteiger partial charge in [-0.1, -0.05) is 36.9 Å². The van der Waals surface area contributed by atoms with Crippen LogP contribution in [0.25, 0.3) is 16.7 Å². The smallest absolute Gasteiger partial charge is 0.269 e. The van der Waals surface area contributed by atoms with Gasteiger partial charge in [0.25, 0.3) is 5.56 Å². The second kappa shape index (κ2) is 5.79. The van der Waals surface area contributed by atoms with E-state index in [1.165, 1.54) is 16.3 Å². The Morgan fingerprint density at radius 1 is 1.33 bits per heavy atom. The minimum atomic E-state index is -0.215. The highest BCUT2D eigenvalue weighted by atomic mass is 32.2. The molecule has 0 amide bonds. The zero-order chi connectivity index (χ0) is 14.8. The van der Waals surface area contributed by atoms with E-state index in [1.807, 2.05) is 37.3 Å². The molecule has 106 valence electrons. The lowest BCUT2D eigenvalue weighted by molar-refractivity contribution is 0.907. The molecule has 0 aliphatic rings. The summed E-state index contributed by atoms with van der Waals surface area (Å²) in [6.45, 7) is 2.02. The summed E-state index contributed by atoms with van der Waals surface area (Å²) in [4.78, 5) is 24.2. The Kier molecular flexibility index (Phi) is 3.85. The van der Waals surface area contributed by atoms with Crippen molar-refractivity contribution in [3.63, 3.8) is 0 Å². The summed E-state index contributed by atoms with van der Waals surface area (Å²) >= 11 is 6.81. The van der Waals surface area contributed by atoms with E-state index >= 15 is 0 Å². The lowest BCUT2D eigenvalue weighted by Crippen LogP contribution is -2.21. The van der Waals surface area contributed by atoms with E-state index in [-0.39, 0.29) is 5.56 Å². The number of rotatable bonds is 3. The summed E-state index contributed by atoms with van der Waals surface area (Å²) in [6.07, 6.45) is 1.55. The first-order chi connectivity index (χ1) is 10.2. The van der Waals surface area contributed by atoms with E-state index in [0.717, 1.165) is 11.4 Å². The normalized spacial score (nSPS) is 10.9. The number of aromatic nitrogens is 4. The van der Waals surface area contributed by atoms with Crippen LogP contribution in [-0.2, 0) is 0 Å². The van der Waals surface area contributed by atoms with Crippen LogP contribution < -0.4 is 5.56 Å². The maximum absolute atomic E-state index is 12.6. The predicted molar refractivity (Wildman–Crippen MR) is 86.7 cm³/mol. The third-order valence-electron chi connectivity index (χ3n) is 2.92. The number of fused-ring (bicyclic) bond motifs is 1. The zero-order valence-electron chi connectivity index (χ0n) is 11.2. The first kappa shape index (κ1) is 14.0. The number of thioether (sulfide) groups is 1. The second-order valence-electron chi connectivity index (χ2n) is 4.25. The van der Waals surface area contributed by atoms with Gasteiger partial charge in [-0.2, -0.15) is 0 Å². The molecule has 0 saturated heterocycles. The van der Waals surface area contributed by atoms with Crippen molar-refractivity contribution in [2.75, 3.05) is 5.75 Å². The van der Waals surface area contributed by atoms with Gasteiger partial charge < -0.3 is 4.98 Å². The SMILES string of the molecule is CCSc1ncc2c(=O)n(-c3ccccc3)c(=S)[nH]c2n1. The van der Waals surface area contributed by atoms with Crippen molar-refractivity contribution in [1.29, 1.82) is 0 Å². The average molecular weight is 316 g/mol. The number of para-hydroxylation sites is 1. The number of nitrogens with zero attached hydrogens (tertiary/aromatic N) is 3. The van der Waals surface area contributed by atoms with Gasteiger partial charge >= 0.3 is 0 Å². The van der Waals surface area contributed by atoms with Gasteiger partial charge in [-0.05, 0) is 30.1 Å². The van der Waals surface area contributed by atoms with Gasteiger partial charge in [-0.15, -0.1) is 0 Å². The minimum Gasteiger partial charge on any atom is -0.316 e. The van der Waals surface area contributed by atoms with Crippen LogP contribution in [0.1, 0.15) is 6.92 Å². The quantitative estimate of drug-likeness (QED) is 0.457. The predicted octanol–water partition coefficient (Wildman–Crippen LogP) is 2.95. The molecule has 0 radical (unpaired) electrons. The molecule has 2 aromatic heterocycles. The van der Waals surface area contributed by atoms with Gasteiger partial charge in [0.1, 0.15) is 11.0 Å². The van der Waals surface area contributed by atoms with E-state index < -0.39 is 0 Å². The molecule has 0 atom stereocenters. The van der Waals surface area contributed by atoms with Crippen LogP contribution in [0.5, 0.6) is 0 Å². The molecule has 5 nitrogen and oxygen atoms in total. The molecule has 0 aliphatic carbocycles. The van der Waals surface area contributed by atoms with Crippen molar-refractivity contribution >= 4 is 35.0 Å². The molecule has 1 N–H and O–H groups in total. The minimum absolute atomic E-state index is 0.215. The summed E-state index contributed by atoms with van der Waals surface area (Å²) in [6, 6.07) is 9.27. The van der Waals surface area contributed by atoms with Crippen molar-refractivity contribution in [1.82, 2.24) is 19.5 Å². The Morgan fingerprint density at radius 3 is 2.81 bits per heavy atom. The summed E-state index contributed by atoms with van der Waals surface area (Å²) in [5.74, 6) is 0.868. The highest BCUT2D eigenvalue weighted by molar-refractivity contribution is 7.99. The van der Waals surface area contributed by atoms with Crippen molar-refractivity contribution < 1.29 is 0 Å². The van der Waals surface area contributed by atoms with Crippen LogP contribution in [0, 0.1) is 4.77 Å². The van der Waals surface area contributed by atoms with Gasteiger partial charge in [0.15, 0.2) is 9.93 Å².